The van der Waals surface area contributed by atoms with Crippen LogP contribution in [0.4, 0.5) is 0 Å². The standard InChI is InChI=1S/C18H21N/c1-15(13-14-17-9-5-3-6-10-17)19-16(2)18-11-7-4-8-12-18/h3-12,16H,13-14H2,1-2H3. The molecule has 19 heavy (non-hydrogen) atoms. The molecule has 0 heterocycles. The van der Waals surface area contributed by atoms with E-state index in [-0.39, 0.29) is 6.04 Å². The van der Waals surface area contributed by atoms with E-state index in [1.165, 1.54) is 16.8 Å². The Bertz CT molecular complexity index is 514. The molecule has 2 aromatic rings. The van der Waals surface area contributed by atoms with Crippen molar-refractivity contribution < 1.29 is 0 Å². The van der Waals surface area contributed by atoms with Crippen LogP contribution in [0.2, 0.25) is 0 Å². The topological polar surface area (TPSA) is 12.4 Å². The zero-order valence-electron chi connectivity index (χ0n) is 11.7. The minimum absolute atomic E-state index is 0.247. The highest BCUT2D eigenvalue weighted by Gasteiger charge is 2.03. The fourth-order valence-electron chi connectivity index (χ4n) is 2.17. The van der Waals surface area contributed by atoms with Gasteiger partial charge in [0, 0.05) is 5.71 Å². The first-order chi connectivity index (χ1) is 9.25. The third kappa shape index (κ3) is 4.36. The highest BCUT2D eigenvalue weighted by molar-refractivity contribution is 5.82. The molecule has 0 aliphatic heterocycles. The lowest BCUT2D eigenvalue weighted by Crippen LogP contribution is -1.99. The summed E-state index contributed by atoms with van der Waals surface area (Å²) in [6.45, 7) is 4.28. The van der Waals surface area contributed by atoms with Crippen molar-refractivity contribution in [1.29, 1.82) is 0 Å². The maximum Gasteiger partial charge on any atom is 0.0720 e. The van der Waals surface area contributed by atoms with Gasteiger partial charge in [-0.15, -0.1) is 0 Å². The van der Waals surface area contributed by atoms with Crippen molar-refractivity contribution in [3.05, 3.63) is 71.8 Å². The third-order valence-corrected chi connectivity index (χ3v) is 3.31. The molecule has 1 unspecified atom stereocenters. The van der Waals surface area contributed by atoms with E-state index in [2.05, 4.69) is 68.4 Å². The molecule has 0 bridgehead atoms. The molecule has 0 saturated heterocycles. The molecule has 0 N–H and O–H groups in total. The molecule has 0 radical (unpaired) electrons. The van der Waals surface area contributed by atoms with Crippen LogP contribution in [0.5, 0.6) is 0 Å². The lowest BCUT2D eigenvalue weighted by atomic mass is 10.1. The van der Waals surface area contributed by atoms with Crippen molar-refractivity contribution in [1.82, 2.24) is 0 Å². The number of hydrogen-bond donors (Lipinski definition) is 0. The predicted octanol–water partition coefficient (Wildman–Crippen LogP) is 4.84. The number of hydrogen-bond acceptors (Lipinski definition) is 1. The summed E-state index contributed by atoms with van der Waals surface area (Å²) in [5, 5.41) is 0. The summed E-state index contributed by atoms with van der Waals surface area (Å²) in [4.78, 5) is 4.78. The average Bonchev–Trinajstić information content (AvgIpc) is 2.47. The normalized spacial score (nSPS) is 13.3. The van der Waals surface area contributed by atoms with Crippen molar-refractivity contribution in [3.8, 4) is 0 Å². The van der Waals surface area contributed by atoms with Crippen molar-refractivity contribution in [2.45, 2.75) is 32.7 Å². The first-order valence-corrected chi connectivity index (χ1v) is 6.88. The highest BCUT2D eigenvalue weighted by atomic mass is 14.8. The van der Waals surface area contributed by atoms with Gasteiger partial charge in [-0.05, 0) is 37.8 Å². The summed E-state index contributed by atoms with van der Waals surface area (Å²) in [5.41, 5.74) is 3.88. The van der Waals surface area contributed by atoms with E-state index in [1.54, 1.807) is 0 Å². The van der Waals surface area contributed by atoms with Crippen LogP contribution in [0.25, 0.3) is 0 Å². The van der Waals surface area contributed by atoms with Gasteiger partial charge in [0.25, 0.3) is 0 Å². The van der Waals surface area contributed by atoms with Crippen molar-refractivity contribution >= 4 is 5.71 Å². The van der Waals surface area contributed by atoms with Gasteiger partial charge < -0.3 is 0 Å². The first kappa shape index (κ1) is 13.5. The molecule has 0 fully saturated rings. The summed E-state index contributed by atoms with van der Waals surface area (Å²) in [5.74, 6) is 0. The van der Waals surface area contributed by atoms with Crippen LogP contribution < -0.4 is 0 Å². The Labute approximate surface area is 116 Å². The van der Waals surface area contributed by atoms with E-state index in [1.807, 2.05) is 6.07 Å². The van der Waals surface area contributed by atoms with E-state index < -0.39 is 0 Å². The van der Waals surface area contributed by atoms with Crippen molar-refractivity contribution in [3.63, 3.8) is 0 Å². The summed E-state index contributed by atoms with van der Waals surface area (Å²) < 4.78 is 0. The Morgan fingerprint density at radius 2 is 1.53 bits per heavy atom. The van der Waals surface area contributed by atoms with Gasteiger partial charge >= 0.3 is 0 Å². The van der Waals surface area contributed by atoms with Crippen LogP contribution in [0.1, 0.15) is 37.4 Å². The SMILES string of the molecule is CC(CCc1ccccc1)=NC(C)c1ccccc1. The molecule has 0 spiro atoms. The number of aliphatic imine (C=N–C) groups is 1. The summed E-state index contributed by atoms with van der Waals surface area (Å²) in [6.07, 6.45) is 2.10. The zero-order chi connectivity index (χ0) is 13.5. The van der Waals surface area contributed by atoms with E-state index >= 15 is 0 Å². The second-order valence-electron chi connectivity index (χ2n) is 4.94. The van der Waals surface area contributed by atoms with Gasteiger partial charge in [0.15, 0.2) is 0 Å². The first-order valence-electron chi connectivity index (χ1n) is 6.88. The molecule has 98 valence electrons. The quantitative estimate of drug-likeness (QED) is 0.674. The Morgan fingerprint density at radius 3 is 2.16 bits per heavy atom. The highest BCUT2D eigenvalue weighted by Crippen LogP contribution is 2.16. The van der Waals surface area contributed by atoms with Crippen LogP contribution >= 0.6 is 0 Å². The largest absolute Gasteiger partial charge is 0.287 e. The van der Waals surface area contributed by atoms with Crippen molar-refractivity contribution in [2.75, 3.05) is 0 Å². The monoisotopic (exact) mass is 251 g/mol. The minimum Gasteiger partial charge on any atom is -0.287 e. The molecule has 0 aliphatic carbocycles. The van der Waals surface area contributed by atoms with Crippen molar-refractivity contribution in [2.24, 2.45) is 4.99 Å². The minimum atomic E-state index is 0.247. The van der Waals surface area contributed by atoms with Crippen LogP contribution in [-0.4, -0.2) is 5.71 Å². The maximum atomic E-state index is 4.78. The lowest BCUT2D eigenvalue weighted by molar-refractivity contribution is 0.810. The fraction of sp³-hybridized carbons (Fsp3) is 0.278. The molecule has 2 aromatic carbocycles. The molecular formula is C18H21N. The van der Waals surface area contributed by atoms with Gasteiger partial charge in [-0.3, -0.25) is 4.99 Å². The van der Waals surface area contributed by atoms with Gasteiger partial charge in [0.1, 0.15) is 0 Å². The summed E-state index contributed by atoms with van der Waals surface area (Å²) in [6, 6.07) is 21.3. The molecule has 0 saturated carbocycles. The Balaban J connectivity index is 1.92. The average molecular weight is 251 g/mol. The Hall–Kier alpha value is -1.89. The van der Waals surface area contributed by atoms with Gasteiger partial charge in [0.05, 0.1) is 6.04 Å². The Kier molecular flexibility index (Phi) is 4.91. The molecule has 1 heteroatoms. The zero-order valence-corrected chi connectivity index (χ0v) is 11.7. The second-order valence-corrected chi connectivity index (χ2v) is 4.94. The fourth-order valence-corrected chi connectivity index (χ4v) is 2.17. The lowest BCUT2D eigenvalue weighted by Gasteiger charge is -2.09. The molecule has 2 rings (SSSR count). The van der Waals surface area contributed by atoms with E-state index in [0.29, 0.717) is 0 Å². The van der Waals surface area contributed by atoms with E-state index in [0.717, 1.165) is 12.8 Å². The number of benzene rings is 2. The molecule has 1 atom stereocenters. The summed E-state index contributed by atoms with van der Waals surface area (Å²) in [7, 11) is 0. The number of nitrogens with zero attached hydrogens (tertiary/aromatic N) is 1. The van der Waals surface area contributed by atoms with Gasteiger partial charge in [-0.2, -0.15) is 0 Å². The van der Waals surface area contributed by atoms with Crippen LogP contribution in [0, 0.1) is 0 Å². The predicted molar refractivity (Wildman–Crippen MR) is 82.7 cm³/mol. The molecule has 0 amide bonds. The molecule has 0 aromatic heterocycles. The van der Waals surface area contributed by atoms with E-state index in [9.17, 15) is 0 Å². The third-order valence-electron chi connectivity index (χ3n) is 3.31. The number of aryl methyl sites for hydroxylation is 1. The van der Waals surface area contributed by atoms with Gasteiger partial charge in [-0.25, -0.2) is 0 Å². The number of rotatable bonds is 5. The van der Waals surface area contributed by atoms with Crippen LogP contribution in [-0.2, 0) is 6.42 Å². The molecule has 0 aliphatic rings. The van der Waals surface area contributed by atoms with E-state index in [4.69, 9.17) is 4.99 Å². The second kappa shape index (κ2) is 6.89. The van der Waals surface area contributed by atoms with Gasteiger partial charge in [0.2, 0.25) is 0 Å². The van der Waals surface area contributed by atoms with Crippen LogP contribution in [0.3, 0.4) is 0 Å². The Morgan fingerprint density at radius 1 is 0.947 bits per heavy atom. The maximum absolute atomic E-state index is 4.78. The molecule has 1 nitrogen and oxygen atoms in total. The smallest absolute Gasteiger partial charge is 0.0720 e. The van der Waals surface area contributed by atoms with Gasteiger partial charge in [-0.1, -0.05) is 60.7 Å². The van der Waals surface area contributed by atoms with Crippen LogP contribution in [0.15, 0.2) is 65.7 Å². The summed E-state index contributed by atoms with van der Waals surface area (Å²) >= 11 is 0. The molecular weight excluding hydrogens is 230 g/mol.